The number of rotatable bonds is 9. The summed E-state index contributed by atoms with van der Waals surface area (Å²) in [7, 11) is -6.35. The Balaban J connectivity index is 1.67. The maximum absolute atomic E-state index is 14.4. The van der Waals surface area contributed by atoms with E-state index in [-0.39, 0.29) is 58.5 Å². The van der Waals surface area contributed by atoms with Gasteiger partial charge in [-0.15, -0.1) is 0 Å². The summed E-state index contributed by atoms with van der Waals surface area (Å²) in [5, 5.41) is 10.6. The zero-order chi connectivity index (χ0) is 35.9. The van der Waals surface area contributed by atoms with Gasteiger partial charge in [0.05, 0.1) is 40.2 Å². The second-order valence-electron chi connectivity index (χ2n) is 12.7. The van der Waals surface area contributed by atoms with Gasteiger partial charge in [0.15, 0.2) is 0 Å². The Labute approximate surface area is 295 Å². The predicted molar refractivity (Wildman–Crippen MR) is 190 cm³/mol. The smallest absolute Gasteiger partial charge is 0.261 e. The zero-order valence-electron chi connectivity index (χ0n) is 28.5. The number of nitrogens with zero attached hydrogens (tertiary/aromatic N) is 2. The Kier molecular flexibility index (Phi) is 13.1. The molecule has 268 valence electrons. The Hall–Kier alpha value is -3.20. The van der Waals surface area contributed by atoms with Gasteiger partial charge in [-0.2, -0.15) is 4.31 Å². The third-order valence-corrected chi connectivity index (χ3v) is 12.1. The fourth-order valence-electron chi connectivity index (χ4n) is 5.52. The molecule has 1 heterocycles. The molecule has 49 heavy (non-hydrogen) atoms. The first-order chi connectivity index (χ1) is 23.1. The minimum absolute atomic E-state index is 0.0166. The Morgan fingerprint density at radius 1 is 1.00 bits per heavy atom. The van der Waals surface area contributed by atoms with E-state index in [0.717, 1.165) is 12.0 Å². The molecule has 0 fully saturated rings. The minimum Gasteiger partial charge on any atom is -0.490 e. The van der Waals surface area contributed by atoms with Gasteiger partial charge < -0.3 is 19.5 Å². The number of sulfonamides is 2. The number of aryl methyl sites for hydroxylation is 1. The van der Waals surface area contributed by atoms with Gasteiger partial charge in [-0.25, -0.2) is 16.8 Å². The van der Waals surface area contributed by atoms with Crippen molar-refractivity contribution >= 4 is 43.2 Å². The van der Waals surface area contributed by atoms with Crippen LogP contribution in [-0.4, -0.2) is 88.7 Å². The number of likely N-dealkylation sites (N-methyl/N-ethyl adjacent to an activating group) is 1. The van der Waals surface area contributed by atoms with Crippen molar-refractivity contribution in [2.75, 3.05) is 38.1 Å². The van der Waals surface area contributed by atoms with E-state index in [9.17, 15) is 26.7 Å². The number of ether oxygens (including phenoxy) is 2. The summed E-state index contributed by atoms with van der Waals surface area (Å²) < 4.78 is 69.6. The van der Waals surface area contributed by atoms with Crippen molar-refractivity contribution in [2.45, 2.75) is 75.0 Å². The highest BCUT2D eigenvalue weighted by Gasteiger charge is 2.32. The highest BCUT2D eigenvalue weighted by Crippen LogP contribution is 2.30. The molecule has 0 unspecified atom stereocenters. The summed E-state index contributed by atoms with van der Waals surface area (Å²) in [6, 6.07) is 16.3. The average molecular weight is 736 g/mol. The van der Waals surface area contributed by atoms with Crippen LogP contribution < -0.4 is 9.46 Å². The van der Waals surface area contributed by atoms with Crippen molar-refractivity contribution in [3.8, 4) is 5.75 Å². The molecule has 0 aromatic heterocycles. The number of benzene rings is 3. The van der Waals surface area contributed by atoms with Gasteiger partial charge in [-0.3, -0.25) is 9.52 Å². The number of nitrogens with one attached hydrogen (secondary N) is 1. The van der Waals surface area contributed by atoms with Crippen molar-refractivity contribution in [1.29, 1.82) is 0 Å². The van der Waals surface area contributed by atoms with E-state index in [0.29, 0.717) is 24.5 Å². The lowest BCUT2D eigenvalue weighted by Crippen LogP contribution is -2.48. The molecule has 3 aromatic rings. The molecule has 0 bridgehead atoms. The summed E-state index contributed by atoms with van der Waals surface area (Å²) in [5.74, 6) is -0.572. The Morgan fingerprint density at radius 3 is 2.31 bits per heavy atom. The molecule has 0 radical (unpaired) electrons. The third kappa shape index (κ3) is 9.95. The molecule has 0 saturated heterocycles. The van der Waals surface area contributed by atoms with Gasteiger partial charge in [0, 0.05) is 43.4 Å². The number of fused-ring (bicyclic) bond motifs is 1. The van der Waals surface area contributed by atoms with Gasteiger partial charge in [-0.1, -0.05) is 36.2 Å². The Morgan fingerprint density at radius 2 is 1.65 bits per heavy atom. The van der Waals surface area contributed by atoms with Crippen LogP contribution in [0.25, 0.3) is 0 Å². The number of hydrogen-bond donors (Lipinski definition) is 2. The van der Waals surface area contributed by atoms with Crippen LogP contribution in [0.5, 0.6) is 5.75 Å². The zero-order valence-corrected chi connectivity index (χ0v) is 30.9. The monoisotopic (exact) mass is 735 g/mol. The Bertz CT molecular complexity index is 1790. The highest BCUT2D eigenvalue weighted by atomic mass is 35.5. The van der Waals surface area contributed by atoms with Crippen molar-refractivity contribution in [1.82, 2.24) is 9.21 Å². The predicted octanol–water partition coefficient (Wildman–Crippen LogP) is 5.57. The van der Waals surface area contributed by atoms with Gasteiger partial charge in [-0.05, 0) is 94.6 Å². The van der Waals surface area contributed by atoms with Crippen LogP contribution in [0.3, 0.4) is 0 Å². The second kappa shape index (κ2) is 16.7. The molecule has 0 spiro atoms. The number of anilines is 1. The molecular formula is C35H46ClN3O8S2. The largest absolute Gasteiger partial charge is 0.490 e. The molecule has 11 nitrogen and oxygen atoms in total. The van der Waals surface area contributed by atoms with Gasteiger partial charge >= 0.3 is 0 Å². The molecular weight excluding hydrogens is 690 g/mol. The molecule has 1 aliphatic heterocycles. The summed E-state index contributed by atoms with van der Waals surface area (Å²) in [6.45, 7) is 7.48. The van der Waals surface area contributed by atoms with Crippen LogP contribution in [0.4, 0.5) is 5.69 Å². The van der Waals surface area contributed by atoms with Crippen LogP contribution in [0.15, 0.2) is 76.5 Å². The first-order valence-electron chi connectivity index (χ1n) is 16.3. The van der Waals surface area contributed by atoms with Gasteiger partial charge in [0.2, 0.25) is 10.0 Å². The molecule has 1 amide bonds. The van der Waals surface area contributed by atoms with E-state index in [1.54, 1.807) is 31.2 Å². The van der Waals surface area contributed by atoms with E-state index >= 15 is 0 Å². The number of aliphatic hydroxyl groups is 1. The molecule has 0 saturated carbocycles. The van der Waals surface area contributed by atoms with E-state index in [1.807, 2.05) is 20.8 Å². The molecule has 14 heteroatoms. The average Bonchev–Trinajstić information content (AvgIpc) is 3.06. The number of carbonyl (C=O) groups is 1. The summed E-state index contributed by atoms with van der Waals surface area (Å²) in [4.78, 5) is 16.0. The minimum atomic E-state index is -3.96. The van der Waals surface area contributed by atoms with Crippen molar-refractivity contribution < 1.29 is 36.2 Å². The van der Waals surface area contributed by atoms with E-state index < -0.39 is 38.1 Å². The van der Waals surface area contributed by atoms with Gasteiger partial charge in [0.1, 0.15) is 5.75 Å². The van der Waals surface area contributed by atoms with Crippen molar-refractivity contribution in [2.24, 2.45) is 5.92 Å². The second-order valence-corrected chi connectivity index (χ2v) is 16.8. The van der Waals surface area contributed by atoms with Crippen LogP contribution in [-0.2, 0) is 24.8 Å². The maximum Gasteiger partial charge on any atom is 0.261 e. The van der Waals surface area contributed by atoms with Crippen LogP contribution in [0, 0.1) is 12.8 Å². The van der Waals surface area contributed by atoms with E-state index in [1.165, 1.54) is 58.7 Å². The third-order valence-electron chi connectivity index (χ3n) is 8.59. The summed E-state index contributed by atoms with van der Waals surface area (Å²) in [6.07, 6.45) is 1.23. The lowest BCUT2D eigenvalue weighted by molar-refractivity contribution is -0.00833. The normalized spacial score (nSPS) is 20.6. The first-order valence-corrected chi connectivity index (χ1v) is 19.6. The summed E-state index contributed by atoms with van der Waals surface area (Å²) in [5.41, 5.74) is 1.21. The number of hydrogen-bond acceptors (Lipinski definition) is 8. The molecule has 4 rings (SSSR count). The SMILES string of the molecule is Cc1ccc(S(=O)(=O)Nc2ccc3c(c2)C(=O)N([C@@H](C)CO)C[C@@H](C)[C@H](CN(C)S(=O)(=O)c2ccc(Cl)cc2)OCCCC[C@@H](C)O3)cc1. The number of amides is 1. The lowest BCUT2D eigenvalue weighted by Gasteiger charge is -2.35. The fraction of sp³-hybridized carbons (Fsp3) is 0.457. The van der Waals surface area contributed by atoms with Crippen LogP contribution >= 0.6 is 11.6 Å². The number of halogens is 1. The maximum atomic E-state index is 14.4. The molecule has 0 aliphatic carbocycles. The summed E-state index contributed by atoms with van der Waals surface area (Å²) >= 11 is 5.98. The first kappa shape index (κ1) is 38.6. The number of carbonyl (C=O) groups excluding carboxylic acids is 1. The van der Waals surface area contributed by atoms with Crippen molar-refractivity contribution in [3.05, 3.63) is 82.9 Å². The standard InChI is InChI=1S/C35H46ClN3O8S2/c1-24-9-14-30(15-10-24)48(42,43)37-29-13-18-33-32(20-29)35(41)39(26(3)23-40)21-25(2)34(46-19-7-6-8-27(4)47-33)22-38(5)49(44,45)31-16-11-28(36)12-17-31/h9-18,20,25-27,34,37,40H,6-8,19,21-23H2,1-5H3/t25-,26+,27-,34+/m1/s1. The molecule has 4 atom stereocenters. The van der Waals surface area contributed by atoms with Crippen LogP contribution in [0.2, 0.25) is 5.02 Å². The molecule has 3 aromatic carbocycles. The van der Waals surface area contributed by atoms with Crippen molar-refractivity contribution in [3.63, 3.8) is 0 Å². The van der Waals surface area contributed by atoms with Gasteiger partial charge in [0.25, 0.3) is 15.9 Å². The van der Waals surface area contributed by atoms with E-state index in [2.05, 4.69) is 4.72 Å². The molecule has 1 aliphatic rings. The van der Waals surface area contributed by atoms with E-state index in [4.69, 9.17) is 21.1 Å². The van der Waals surface area contributed by atoms with Crippen LogP contribution in [0.1, 0.15) is 56.0 Å². The quantitative estimate of drug-likeness (QED) is 0.291. The molecule has 2 N–H and O–H groups in total. The lowest BCUT2D eigenvalue weighted by atomic mass is 10.0. The number of aliphatic hydroxyl groups excluding tert-OH is 1. The highest BCUT2D eigenvalue weighted by molar-refractivity contribution is 7.92. The fourth-order valence-corrected chi connectivity index (χ4v) is 7.88. The topological polar surface area (TPSA) is 143 Å².